The molecule has 0 saturated carbocycles. The molecule has 3 aliphatic rings. The number of nitrogens with zero attached hydrogens (tertiary/aromatic N) is 1. The number of hydrogen-bond acceptors (Lipinski definition) is 5. The fraction of sp³-hybridized carbons (Fsp3) is 0.375. The number of anilines is 1. The summed E-state index contributed by atoms with van der Waals surface area (Å²) in [7, 11) is 0. The van der Waals surface area contributed by atoms with Crippen LogP contribution in [0.1, 0.15) is 35.1 Å². The molecule has 0 aromatic heterocycles. The van der Waals surface area contributed by atoms with Crippen LogP contribution in [0.3, 0.4) is 0 Å². The Hall–Kier alpha value is -2.67. The zero-order valence-electron chi connectivity index (χ0n) is 16.8. The number of hydrogen-bond donors (Lipinski definition) is 3. The van der Waals surface area contributed by atoms with E-state index in [1.165, 1.54) is 5.56 Å². The van der Waals surface area contributed by atoms with Crippen molar-refractivity contribution in [3.63, 3.8) is 0 Å². The number of para-hydroxylation sites is 1. The number of benzene rings is 2. The summed E-state index contributed by atoms with van der Waals surface area (Å²) in [5.41, 5.74) is 5.69. The number of piperidine rings is 1. The third-order valence-electron chi connectivity index (χ3n) is 6.26. The van der Waals surface area contributed by atoms with Gasteiger partial charge >= 0.3 is 0 Å². The van der Waals surface area contributed by atoms with Gasteiger partial charge in [0.25, 0.3) is 5.91 Å². The van der Waals surface area contributed by atoms with Gasteiger partial charge in [0, 0.05) is 35.5 Å². The minimum Gasteiger partial charge on any atom is -0.487 e. The van der Waals surface area contributed by atoms with Crippen LogP contribution in [0.5, 0.6) is 0 Å². The summed E-state index contributed by atoms with van der Waals surface area (Å²) in [5, 5.41) is 22.4. The molecule has 6 heteroatoms. The van der Waals surface area contributed by atoms with Gasteiger partial charge in [-0.15, -0.1) is 0 Å². The van der Waals surface area contributed by atoms with E-state index in [0.717, 1.165) is 48.3 Å². The van der Waals surface area contributed by atoms with Crippen LogP contribution in [0.4, 0.5) is 5.69 Å². The van der Waals surface area contributed by atoms with Crippen molar-refractivity contribution in [3.05, 3.63) is 64.7 Å². The number of ether oxygens (including phenoxy) is 1. The van der Waals surface area contributed by atoms with E-state index in [1.807, 2.05) is 24.3 Å². The van der Waals surface area contributed by atoms with E-state index >= 15 is 0 Å². The Kier molecular flexibility index (Phi) is 5.06. The van der Waals surface area contributed by atoms with Crippen molar-refractivity contribution in [1.29, 1.82) is 0 Å². The van der Waals surface area contributed by atoms with Crippen molar-refractivity contribution >= 4 is 22.9 Å². The molecule has 6 nitrogen and oxygen atoms in total. The van der Waals surface area contributed by atoms with Crippen LogP contribution >= 0.6 is 0 Å². The third kappa shape index (κ3) is 3.51. The molecule has 0 spiro atoms. The lowest BCUT2D eigenvalue weighted by Gasteiger charge is -2.33. The minimum atomic E-state index is -0.639. The van der Waals surface area contributed by atoms with E-state index in [1.54, 1.807) is 0 Å². The standard InChI is InChI=1S/C24H26N2O4/c27-20-9-11-26(13-21(20)28)10-3-4-15-7-8-17-16(12-15)14-30-23(17)22-18-5-1-2-6-19(18)25-24(22)29/h1-2,5-8,12,20-21,27-28H,3-4,9-11,13-14H2,(H,25,29)/b23-22+/t20-,21-/m0/s1. The first kappa shape index (κ1) is 19.3. The summed E-state index contributed by atoms with van der Waals surface area (Å²) in [6, 6.07) is 14.0. The van der Waals surface area contributed by atoms with Crippen molar-refractivity contribution in [1.82, 2.24) is 4.90 Å². The Morgan fingerprint density at radius 1 is 1.10 bits per heavy atom. The van der Waals surface area contributed by atoms with Crippen LogP contribution in [0.15, 0.2) is 42.5 Å². The van der Waals surface area contributed by atoms with E-state index in [4.69, 9.17) is 4.74 Å². The van der Waals surface area contributed by atoms with Gasteiger partial charge in [0.1, 0.15) is 12.4 Å². The molecular formula is C24H26N2O4. The van der Waals surface area contributed by atoms with Crippen LogP contribution < -0.4 is 5.32 Å². The fourth-order valence-corrected chi connectivity index (χ4v) is 4.62. The van der Waals surface area contributed by atoms with Gasteiger partial charge in [0.2, 0.25) is 0 Å². The molecule has 0 unspecified atom stereocenters. The molecule has 3 aliphatic heterocycles. The maximum Gasteiger partial charge on any atom is 0.260 e. The van der Waals surface area contributed by atoms with Gasteiger partial charge in [-0.3, -0.25) is 4.79 Å². The van der Waals surface area contributed by atoms with Gasteiger partial charge in [-0.1, -0.05) is 36.4 Å². The van der Waals surface area contributed by atoms with Gasteiger partial charge in [-0.2, -0.15) is 0 Å². The average molecular weight is 406 g/mol. The lowest BCUT2D eigenvalue weighted by atomic mass is 9.98. The zero-order chi connectivity index (χ0) is 20.7. The predicted octanol–water partition coefficient (Wildman–Crippen LogP) is 2.40. The quantitative estimate of drug-likeness (QED) is 0.680. The SMILES string of the molecule is O=C1Nc2ccccc2/C1=C1\OCc2cc(CCCN3CC[C@H](O)[C@@H](O)C3)ccc21. The number of nitrogens with one attached hydrogen (secondary N) is 1. The molecule has 1 fully saturated rings. The summed E-state index contributed by atoms with van der Waals surface area (Å²) in [5.74, 6) is 0.553. The zero-order valence-corrected chi connectivity index (χ0v) is 16.8. The largest absolute Gasteiger partial charge is 0.487 e. The van der Waals surface area contributed by atoms with Crippen LogP contribution in [0, 0.1) is 0 Å². The number of amides is 1. The number of carbonyl (C=O) groups is 1. The number of carbonyl (C=O) groups excluding carboxylic acids is 1. The van der Waals surface area contributed by atoms with Crippen LogP contribution in [0.2, 0.25) is 0 Å². The third-order valence-corrected chi connectivity index (χ3v) is 6.26. The topological polar surface area (TPSA) is 82.0 Å². The first-order valence-electron chi connectivity index (χ1n) is 10.6. The fourth-order valence-electron chi connectivity index (χ4n) is 4.62. The van der Waals surface area contributed by atoms with Crippen molar-refractivity contribution in [2.45, 2.75) is 38.1 Å². The highest BCUT2D eigenvalue weighted by molar-refractivity contribution is 6.36. The monoisotopic (exact) mass is 406 g/mol. The lowest BCUT2D eigenvalue weighted by molar-refractivity contribution is -0.110. The van der Waals surface area contributed by atoms with Crippen molar-refractivity contribution < 1.29 is 19.7 Å². The van der Waals surface area contributed by atoms with Crippen molar-refractivity contribution in [2.24, 2.45) is 0 Å². The Morgan fingerprint density at radius 2 is 1.97 bits per heavy atom. The highest BCUT2D eigenvalue weighted by Gasteiger charge is 2.32. The molecule has 3 N–H and O–H groups in total. The molecular weight excluding hydrogens is 380 g/mol. The van der Waals surface area contributed by atoms with Crippen LogP contribution in [0.25, 0.3) is 11.3 Å². The maximum absolute atomic E-state index is 12.5. The molecule has 30 heavy (non-hydrogen) atoms. The summed E-state index contributed by atoms with van der Waals surface area (Å²) in [6.45, 7) is 2.76. The number of rotatable bonds is 4. The molecule has 0 aliphatic carbocycles. The Morgan fingerprint density at radius 3 is 2.83 bits per heavy atom. The van der Waals surface area contributed by atoms with E-state index in [9.17, 15) is 15.0 Å². The molecule has 5 rings (SSSR count). The van der Waals surface area contributed by atoms with E-state index in [0.29, 0.717) is 30.9 Å². The molecule has 1 amide bonds. The first-order valence-corrected chi connectivity index (χ1v) is 10.6. The molecule has 3 heterocycles. The molecule has 2 aromatic rings. The smallest absolute Gasteiger partial charge is 0.260 e. The first-order chi connectivity index (χ1) is 14.6. The number of β-amino-alcohol motifs (C(OH)–C–C–N with tert-alkyl or cyclic N) is 1. The van der Waals surface area contributed by atoms with Crippen LogP contribution in [-0.4, -0.2) is 52.9 Å². The highest BCUT2D eigenvalue weighted by Crippen LogP contribution is 2.41. The van der Waals surface area contributed by atoms with Gasteiger partial charge in [0.05, 0.1) is 17.8 Å². The van der Waals surface area contributed by atoms with E-state index in [2.05, 4.69) is 28.4 Å². The number of aryl methyl sites for hydroxylation is 1. The second-order valence-electron chi connectivity index (χ2n) is 8.31. The van der Waals surface area contributed by atoms with Crippen molar-refractivity contribution in [2.75, 3.05) is 25.0 Å². The van der Waals surface area contributed by atoms with Gasteiger partial charge < -0.3 is 25.2 Å². The number of aliphatic hydroxyl groups excluding tert-OH is 2. The number of aliphatic hydroxyl groups is 2. The second kappa shape index (κ2) is 7.87. The molecule has 2 atom stereocenters. The molecule has 2 aromatic carbocycles. The number of likely N-dealkylation sites (tertiary alicyclic amines) is 1. The van der Waals surface area contributed by atoms with E-state index < -0.39 is 12.2 Å². The maximum atomic E-state index is 12.5. The van der Waals surface area contributed by atoms with Gasteiger partial charge in [0.15, 0.2) is 0 Å². The molecule has 156 valence electrons. The number of fused-ring (bicyclic) bond motifs is 2. The average Bonchev–Trinajstić information content (AvgIpc) is 3.29. The van der Waals surface area contributed by atoms with Gasteiger partial charge in [-0.05, 0) is 37.4 Å². The second-order valence-corrected chi connectivity index (χ2v) is 8.31. The summed E-state index contributed by atoms with van der Waals surface area (Å²) in [4.78, 5) is 14.8. The highest BCUT2D eigenvalue weighted by atomic mass is 16.5. The predicted molar refractivity (Wildman–Crippen MR) is 115 cm³/mol. The van der Waals surface area contributed by atoms with Crippen LogP contribution in [-0.2, 0) is 22.6 Å². The Bertz CT molecular complexity index is 1020. The van der Waals surface area contributed by atoms with E-state index in [-0.39, 0.29) is 5.91 Å². The van der Waals surface area contributed by atoms with Crippen molar-refractivity contribution in [3.8, 4) is 0 Å². The lowest BCUT2D eigenvalue weighted by Crippen LogP contribution is -2.46. The van der Waals surface area contributed by atoms with Gasteiger partial charge in [-0.25, -0.2) is 0 Å². The summed E-state index contributed by atoms with van der Waals surface area (Å²) in [6.07, 6.45) is 1.34. The summed E-state index contributed by atoms with van der Waals surface area (Å²) >= 11 is 0. The normalized spacial score (nSPS) is 25.6. The Labute approximate surface area is 175 Å². The Balaban J connectivity index is 1.29. The molecule has 0 bridgehead atoms. The summed E-state index contributed by atoms with van der Waals surface area (Å²) < 4.78 is 5.97. The minimum absolute atomic E-state index is 0.114. The molecule has 0 radical (unpaired) electrons. The molecule has 1 saturated heterocycles.